The normalized spacial score (nSPS) is 10.8. The molecule has 138 valence electrons. The van der Waals surface area contributed by atoms with E-state index < -0.39 is 11.8 Å². The first-order valence-corrected chi connectivity index (χ1v) is 8.29. The Morgan fingerprint density at radius 2 is 2.04 bits per heavy atom. The Bertz CT molecular complexity index is 806. The molecule has 0 saturated heterocycles. The largest absolute Gasteiger partial charge is 0.496 e. The highest BCUT2D eigenvalue weighted by Gasteiger charge is 2.17. The van der Waals surface area contributed by atoms with Crippen LogP contribution in [-0.4, -0.2) is 37.9 Å². The third-order valence-corrected chi connectivity index (χ3v) is 3.95. The molecular formula is C20H23FN2O3. The van der Waals surface area contributed by atoms with Crippen molar-refractivity contribution in [3.63, 3.8) is 0 Å². The second kappa shape index (κ2) is 8.99. The van der Waals surface area contributed by atoms with E-state index in [0.29, 0.717) is 17.0 Å². The summed E-state index contributed by atoms with van der Waals surface area (Å²) in [5, 5.41) is 0. The van der Waals surface area contributed by atoms with Crippen molar-refractivity contribution in [2.75, 3.05) is 20.7 Å². The van der Waals surface area contributed by atoms with Crippen molar-refractivity contribution >= 4 is 18.0 Å². The summed E-state index contributed by atoms with van der Waals surface area (Å²) in [6.07, 6.45) is 1.72. The quantitative estimate of drug-likeness (QED) is 0.425. The van der Waals surface area contributed by atoms with Crippen LogP contribution in [0.25, 0.3) is 0 Å². The number of aryl methyl sites for hydroxylation is 1. The standard InChI is InChI=1S/C20H23FN2O3/c1-5-23(3)13-22-18-11-19(25-4)16(10-14(18)2)20(24)26-12-15-8-6-7-9-17(15)21/h6-11,13H,5,12H2,1-4H3. The molecule has 0 saturated carbocycles. The van der Waals surface area contributed by atoms with Gasteiger partial charge in [-0.3, -0.25) is 0 Å². The molecule has 0 unspecified atom stereocenters. The van der Waals surface area contributed by atoms with E-state index in [1.807, 2.05) is 25.8 Å². The molecule has 0 aliphatic heterocycles. The van der Waals surface area contributed by atoms with E-state index >= 15 is 0 Å². The van der Waals surface area contributed by atoms with E-state index in [4.69, 9.17) is 9.47 Å². The second-order valence-electron chi connectivity index (χ2n) is 5.82. The van der Waals surface area contributed by atoms with Crippen LogP contribution < -0.4 is 4.74 Å². The highest BCUT2D eigenvalue weighted by Crippen LogP contribution is 2.29. The Morgan fingerprint density at radius 3 is 2.69 bits per heavy atom. The van der Waals surface area contributed by atoms with Gasteiger partial charge in [0.05, 0.1) is 19.1 Å². The summed E-state index contributed by atoms with van der Waals surface area (Å²) in [5.41, 5.74) is 2.11. The highest BCUT2D eigenvalue weighted by atomic mass is 19.1. The number of rotatable bonds is 7. The van der Waals surface area contributed by atoms with Crippen molar-refractivity contribution in [1.29, 1.82) is 0 Å². The van der Waals surface area contributed by atoms with Crippen LogP contribution in [0, 0.1) is 12.7 Å². The molecule has 2 aromatic rings. The van der Waals surface area contributed by atoms with Gasteiger partial charge in [-0.25, -0.2) is 14.2 Å². The maximum absolute atomic E-state index is 13.6. The molecule has 0 N–H and O–H groups in total. The monoisotopic (exact) mass is 358 g/mol. The molecule has 6 heteroatoms. The summed E-state index contributed by atoms with van der Waals surface area (Å²) < 4.78 is 24.2. The zero-order chi connectivity index (χ0) is 19.1. The number of nitrogens with zero attached hydrogens (tertiary/aromatic N) is 2. The summed E-state index contributed by atoms with van der Waals surface area (Å²) in [5.74, 6) is -0.622. The van der Waals surface area contributed by atoms with Crippen molar-refractivity contribution in [2.45, 2.75) is 20.5 Å². The van der Waals surface area contributed by atoms with E-state index in [0.717, 1.165) is 12.1 Å². The fraction of sp³-hybridized carbons (Fsp3) is 0.300. The second-order valence-corrected chi connectivity index (χ2v) is 5.82. The van der Waals surface area contributed by atoms with Crippen LogP contribution in [0.2, 0.25) is 0 Å². The Balaban J connectivity index is 2.20. The molecule has 26 heavy (non-hydrogen) atoms. The van der Waals surface area contributed by atoms with Gasteiger partial charge in [0.2, 0.25) is 0 Å². The first-order valence-electron chi connectivity index (χ1n) is 8.29. The van der Waals surface area contributed by atoms with Crippen molar-refractivity contribution in [2.24, 2.45) is 4.99 Å². The minimum absolute atomic E-state index is 0.144. The molecule has 0 aromatic heterocycles. The van der Waals surface area contributed by atoms with Crippen molar-refractivity contribution in [3.05, 3.63) is 58.9 Å². The molecule has 0 aliphatic rings. The van der Waals surface area contributed by atoms with Crippen LogP contribution in [0.1, 0.15) is 28.4 Å². The van der Waals surface area contributed by atoms with Gasteiger partial charge in [0.1, 0.15) is 23.7 Å². The molecule has 0 fully saturated rings. The van der Waals surface area contributed by atoms with Crippen LogP contribution in [0.3, 0.4) is 0 Å². The molecule has 0 atom stereocenters. The number of carbonyl (C=O) groups is 1. The first kappa shape index (κ1) is 19.4. The molecule has 0 amide bonds. The highest BCUT2D eigenvalue weighted by molar-refractivity contribution is 5.93. The van der Waals surface area contributed by atoms with Crippen LogP contribution in [0.5, 0.6) is 5.75 Å². The minimum atomic E-state index is -0.575. The van der Waals surface area contributed by atoms with Gasteiger partial charge in [0.15, 0.2) is 0 Å². The van der Waals surface area contributed by atoms with Gasteiger partial charge in [0.25, 0.3) is 0 Å². The van der Waals surface area contributed by atoms with Crippen molar-refractivity contribution in [1.82, 2.24) is 4.90 Å². The topological polar surface area (TPSA) is 51.1 Å². The molecular weight excluding hydrogens is 335 g/mol. The lowest BCUT2D eigenvalue weighted by Crippen LogP contribution is -2.14. The predicted octanol–water partition coefficient (Wildman–Crippen LogP) is 4.11. The lowest BCUT2D eigenvalue weighted by Gasteiger charge is -2.13. The zero-order valence-electron chi connectivity index (χ0n) is 15.5. The van der Waals surface area contributed by atoms with Crippen molar-refractivity contribution < 1.29 is 18.7 Å². The van der Waals surface area contributed by atoms with Gasteiger partial charge in [-0.2, -0.15) is 0 Å². The lowest BCUT2D eigenvalue weighted by atomic mass is 10.1. The fourth-order valence-electron chi connectivity index (χ4n) is 2.22. The number of carbonyl (C=O) groups excluding carboxylic acids is 1. The zero-order valence-corrected chi connectivity index (χ0v) is 15.5. The number of hydrogen-bond acceptors (Lipinski definition) is 4. The Morgan fingerprint density at radius 1 is 1.31 bits per heavy atom. The van der Waals surface area contributed by atoms with Gasteiger partial charge < -0.3 is 14.4 Å². The number of ether oxygens (including phenoxy) is 2. The van der Waals surface area contributed by atoms with Gasteiger partial charge in [0, 0.05) is 25.2 Å². The first-order chi connectivity index (χ1) is 12.5. The maximum Gasteiger partial charge on any atom is 0.342 e. The molecule has 0 radical (unpaired) electrons. The van der Waals surface area contributed by atoms with Gasteiger partial charge in [-0.15, -0.1) is 0 Å². The van der Waals surface area contributed by atoms with E-state index in [9.17, 15) is 9.18 Å². The summed E-state index contributed by atoms with van der Waals surface area (Å²) >= 11 is 0. The summed E-state index contributed by atoms with van der Waals surface area (Å²) in [6.45, 7) is 4.56. The number of esters is 1. The summed E-state index contributed by atoms with van der Waals surface area (Å²) in [4.78, 5) is 18.8. The average Bonchev–Trinajstić information content (AvgIpc) is 2.65. The van der Waals surface area contributed by atoms with E-state index in [-0.39, 0.29) is 12.2 Å². The average molecular weight is 358 g/mol. The number of methoxy groups -OCH3 is 1. The molecule has 5 nitrogen and oxygen atoms in total. The van der Waals surface area contributed by atoms with Crippen molar-refractivity contribution in [3.8, 4) is 5.75 Å². The van der Waals surface area contributed by atoms with Crippen LogP contribution in [0.4, 0.5) is 10.1 Å². The molecule has 0 spiro atoms. The molecule has 0 aliphatic carbocycles. The Labute approximate surface area is 153 Å². The van der Waals surface area contributed by atoms with Crippen LogP contribution in [0.15, 0.2) is 41.4 Å². The summed E-state index contributed by atoms with van der Waals surface area (Å²) in [6, 6.07) is 9.54. The SMILES string of the molecule is CCN(C)C=Nc1cc(OC)c(C(=O)OCc2ccccc2F)cc1C. The van der Waals surface area contributed by atoms with Gasteiger partial charge in [-0.1, -0.05) is 18.2 Å². The smallest absolute Gasteiger partial charge is 0.342 e. The maximum atomic E-state index is 13.6. The number of benzene rings is 2. The van der Waals surface area contributed by atoms with Gasteiger partial charge >= 0.3 is 5.97 Å². The molecule has 0 heterocycles. The Hall–Kier alpha value is -2.89. The summed E-state index contributed by atoms with van der Waals surface area (Å²) in [7, 11) is 3.40. The molecule has 2 aromatic carbocycles. The van der Waals surface area contributed by atoms with E-state index in [2.05, 4.69) is 4.99 Å². The minimum Gasteiger partial charge on any atom is -0.496 e. The lowest BCUT2D eigenvalue weighted by molar-refractivity contribution is 0.0465. The van der Waals surface area contributed by atoms with E-state index in [1.165, 1.54) is 13.2 Å². The third kappa shape index (κ3) is 4.81. The molecule has 2 rings (SSSR count). The fourth-order valence-corrected chi connectivity index (χ4v) is 2.22. The Kier molecular flexibility index (Phi) is 6.72. The molecule has 0 bridgehead atoms. The number of hydrogen-bond donors (Lipinski definition) is 0. The van der Waals surface area contributed by atoms with E-state index in [1.54, 1.807) is 36.7 Å². The van der Waals surface area contributed by atoms with Gasteiger partial charge in [-0.05, 0) is 31.5 Å². The predicted molar refractivity (Wildman–Crippen MR) is 99.7 cm³/mol. The number of aliphatic imine (C=N–C) groups is 1. The third-order valence-electron chi connectivity index (χ3n) is 3.95. The number of halogens is 1. The van der Waals surface area contributed by atoms with Crippen LogP contribution in [-0.2, 0) is 11.3 Å². The van der Waals surface area contributed by atoms with Crippen LogP contribution >= 0.6 is 0 Å².